The second-order valence-electron chi connectivity index (χ2n) is 3.95. The van der Waals surface area contributed by atoms with Crippen LogP contribution in [0, 0.1) is 13.8 Å². The lowest BCUT2D eigenvalue weighted by Crippen LogP contribution is -1.85. The fourth-order valence-electron chi connectivity index (χ4n) is 1.50. The molecule has 92 valence electrons. The van der Waals surface area contributed by atoms with E-state index < -0.39 is 5.97 Å². The van der Waals surface area contributed by atoms with Gasteiger partial charge in [-0.3, -0.25) is 0 Å². The van der Waals surface area contributed by atoms with Crippen LogP contribution < -0.4 is 0 Å². The molecule has 0 aliphatic carbocycles. The van der Waals surface area contributed by atoms with Crippen LogP contribution in [0.1, 0.15) is 16.1 Å². The number of benzene rings is 1. The molecule has 2 rings (SSSR count). The summed E-state index contributed by atoms with van der Waals surface area (Å²) in [7, 11) is 0. The van der Waals surface area contributed by atoms with Gasteiger partial charge in [-0.1, -0.05) is 24.3 Å². The smallest absolute Gasteiger partial charge is 0.328 e. The van der Waals surface area contributed by atoms with Crippen LogP contribution in [-0.2, 0) is 4.79 Å². The molecule has 0 unspecified atom stereocenters. The molecule has 0 bridgehead atoms. The van der Waals surface area contributed by atoms with Crippen LogP contribution >= 0.6 is 11.3 Å². The Balaban J connectivity index is 2.24. The van der Waals surface area contributed by atoms with Gasteiger partial charge in [0.1, 0.15) is 5.01 Å². The van der Waals surface area contributed by atoms with Crippen molar-refractivity contribution in [2.45, 2.75) is 13.8 Å². The van der Waals surface area contributed by atoms with Crippen LogP contribution in [-0.4, -0.2) is 16.1 Å². The predicted octanol–water partition coefficient (Wildman–Crippen LogP) is 3.52. The first-order valence-corrected chi connectivity index (χ1v) is 6.33. The Kier molecular flexibility index (Phi) is 3.58. The molecular weight excluding hydrogens is 246 g/mol. The molecule has 1 aromatic carbocycles. The van der Waals surface area contributed by atoms with Gasteiger partial charge in [-0.25, -0.2) is 9.78 Å². The normalized spacial score (nSPS) is 11.0. The third-order valence-corrected chi connectivity index (χ3v) is 3.73. The Labute approximate surface area is 109 Å². The minimum Gasteiger partial charge on any atom is -0.478 e. The number of carbonyl (C=O) groups is 1. The van der Waals surface area contributed by atoms with E-state index in [0.717, 1.165) is 27.9 Å². The van der Waals surface area contributed by atoms with Gasteiger partial charge in [-0.15, -0.1) is 11.3 Å². The molecule has 0 fully saturated rings. The zero-order valence-electron chi connectivity index (χ0n) is 10.2. The van der Waals surface area contributed by atoms with E-state index in [1.807, 2.05) is 31.2 Å². The van der Waals surface area contributed by atoms with Crippen LogP contribution in [0.5, 0.6) is 0 Å². The second kappa shape index (κ2) is 5.14. The van der Waals surface area contributed by atoms with Crippen molar-refractivity contribution in [1.29, 1.82) is 0 Å². The Bertz CT molecular complexity index is 577. The van der Waals surface area contributed by atoms with E-state index in [-0.39, 0.29) is 0 Å². The zero-order valence-corrected chi connectivity index (χ0v) is 11.0. The molecule has 0 atom stereocenters. The monoisotopic (exact) mass is 259 g/mol. The second-order valence-corrected chi connectivity index (χ2v) is 5.16. The van der Waals surface area contributed by atoms with Crippen molar-refractivity contribution in [3.63, 3.8) is 0 Å². The third-order valence-electron chi connectivity index (χ3n) is 2.60. The average Bonchev–Trinajstić information content (AvgIpc) is 2.68. The molecule has 1 aromatic heterocycles. The van der Waals surface area contributed by atoms with Crippen molar-refractivity contribution in [2.75, 3.05) is 0 Å². The molecule has 4 heteroatoms. The van der Waals surface area contributed by atoms with E-state index in [1.54, 1.807) is 17.4 Å². The van der Waals surface area contributed by atoms with Crippen molar-refractivity contribution >= 4 is 23.4 Å². The largest absolute Gasteiger partial charge is 0.478 e. The SMILES string of the molecule is Cc1nc(-c2ccc(/C=C/C(=O)O)cc2)sc1C. The summed E-state index contributed by atoms with van der Waals surface area (Å²) in [4.78, 5) is 16.1. The van der Waals surface area contributed by atoms with Gasteiger partial charge in [0.05, 0.1) is 5.69 Å². The van der Waals surface area contributed by atoms with Gasteiger partial charge in [0.15, 0.2) is 0 Å². The fourth-order valence-corrected chi connectivity index (χ4v) is 2.42. The van der Waals surface area contributed by atoms with E-state index in [4.69, 9.17) is 5.11 Å². The van der Waals surface area contributed by atoms with E-state index in [0.29, 0.717) is 0 Å². The molecule has 0 radical (unpaired) electrons. The van der Waals surface area contributed by atoms with Crippen LogP contribution in [0.4, 0.5) is 0 Å². The lowest BCUT2D eigenvalue weighted by Gasteiger charge is -1.97. The average molecular weight is 259 g/mol. The first-order chi connectivity index (χ1) is 8.56. The van der Waals surface area contributed by atoms with Gasteiger partial charge in [-0.2, -0.15) is 0 Å². The summed E-state index contributed by atoms with van der Waals surface area (Å²) < 4.78 is 0. The number of carboxylic acids is 1. The predicted molar refractivity (Wildman–Crippen MR) is 73.7 cm³/mol. The molecule has 1 N–H and O–H groups in total. The first-order valence-electron chi connectivity index (χ1n) is 5.52. The Morgan fingerprint density at radius 2 is 1.94 bits per heavy atom. The number of rotatable bonds is 3. The highest BCUT2D eigenvalue weighted by molar-refractivity contribution is 7.15. The van der Waals surface area contributed by atoms with Crippen LogP contribution in [0.2, 0.25) is 0 Å². The lowest BCUT2D eigenvalue weighted by molar-refractivity contribution is -0.131. The van der Waals surface area contributed by atoms with Crippen molar-refractivity contribution in [3.05, 3.63) is 46.5 Å². The first kappa shape index (κ1) is 12.5. The number of thiazole rings is 1. The highest BCUT2D eigenvalue weighted by atomic mass is 32.1. The molecule has 3 nitrogen and oxygen atoms in total. The maximum absolute atomic E-state index is 10.4. The molecule has 18 heavy (non-hydrogen) atoms. The number of nitrogens with zero attached hydrogens (tertiary/aromatic N) is 1. The van der Waals surface area contributed by atoms with Crippen molar-refractivity contribution in [2.24, 2.45) is 0 Å². The maximum atomic E-state index is 10.4. The van der Waals surface area contributed by atoms with Crippen molar-refractivity contribution in [1.82, 2.24) is 4.98 Å². The van der Waals surface area contributed by atoms with Crippen molar-refractivity contribution < 1.29 is 9.90 Å². The number of hydrogen-bond acceptors (Lipinski definition) is 3. The summed E-state index contributed by atoms with van der Waals surface area (Å²) in [6.45, 7) is 4.06. The van der Waals surface area contributed by atoms with Crippen LogP contribution in [0.3, 0.4) is 0 Å². The quantitative estimate of drug-likeness (QED) is 0.858. The molecule has 1 heterocycles. The number of hydrogen-bond donors (Lipinski definition) is 1. The molecule has 2 aromatic rings. The van der Waals surface area contributed by atoms with Gasteiger partial charge >= 0.3 is 5.97 Å². The molecule has 0 saturated heterocycles. The van der Waals surface area contributed by atoms with Gasteiger partial charge in [-0.05, 0) is 25.5 Å². The summed E-state index contributed by atoms with van der Waals surface area (Å²) in [5, 5.41) is 9.54. The van der Waals surface area contributed by atoms with E-state index >= 15 is 0 Å². The van der Waals surface area contributed by atoms with Gasteiger partial charge < -0.3 is 5.11 Å². The topological polar surface area (TPSA) is 50.2 Å². The summed E-state index contributed by atoms with van der Waals surface area (Å²) in [5.41, 5.74) is 2.99. The van der Waals surface area contributed by atoms with Crippen molar-refractivity contribution in [3.8, 4) is 10.6 Å². The highest BCUT2D eigenvalue weighted by Gasteiger charge is 2.05. The molecular formula is C14H13NO2S. The number of aliphatic carboxylic acids is 1. The summed E-state index contributed by atoms with van der Waals surface area (Å²) in [5.74, 6) is -0.940. The number of aromatic nitrogens is 1. The van der Waals surface area contributed by atoms with Gasteiger partial charge in [0, 0.05) is 16.5 Å². The standard InChI is InChI=1S/C14H13NO2S/c1-9-10(2)18-14(15-9)12-6-3-11(4-7-12)5-8-13(16)17/h3-8H,1-2H3,(H,16,17)/b8-5+. The van der Waals surface area contributed by atoms with E-state index in [1.165, 1.54) is 4.88 Å². The summed E-state index contributed by atoms with van der Waals surface area (Å²) >= 11 is 1.67. The fraction of sp³-hybridized carbons (Fsp3) is 0.143. The van der Waals surface area contributed by atoms with E-state index in [9.17, 15) is 4.79 Å². The minimum atomic E-state index is -0.940. The van der Waals surface area contributed by atoms with Gasteiger partial charge in [0.2, 0.25) is 0 Å². The van der Waals surface area contributed by atoms with Crippen LogP contribution in [0.25, 0.3) is 16.6 Å². The number of carboxylic acid groups (broad SMARTS) is 1. The summed E-state index contributed by atoms with van der Waals surface area (Å²) in [6.07, 6.45) is 2.71. The molecule has 0 aliphatic rings. The Morgan fingerprint density at radius 3 is 2.44 bits per heavy atom. The molecule has 0 aliphatic heterocycles. The summed E-state index contributed by atoms with van der Waals surface area (Å²) in [6, 6.07) is 7.69. The Morgan fingerprint density at radius 1 is 1.28 bits per heavy atom. The minimum absolute atomic E-state index is 0.867. The number of aryl methyl sites for hydroxylation is 2. The maximum Gasteiger partial charge on any atom is 0.328 e. The highest BCUT2D eigenvalue weighted by Crippen LogP contribution is 2.27. The lowest BCUT2D eigenvalue weighted by atomic mass is 10.1. The molecule has 0 saturated carbocycles. The zero-order chi connectivity index (χ0) is 13.1. The van der Waals surface area contributed by atoms with E-state index in [2.05, 4.69) is 11.9 Å². The van der Waals surface area contributed by atoms with Gasteiger partial charge in [0.25, 0.3) is 0 Å². The van der Waals surface area contributed by atoms with Crippen LogP contribution in [0.15, 0.2) is 30.3 Å². The molecule has 0 spiro atoms. The third kappa shape index (κ3) is 2.84. The Hall–Kier alpha value is -1.94. The molecule has 0 amide bonds.